The molecule has 0 saturated carbocycles. The van der Waals surface area contributed by atoms with E-state index in [2.05, 4.69) is 15.2 Å². The molecule has 1 aliphatic heterocycles. The van der Waals surface area contributed by atoms with Crippen molar-refractivity contribution in [3.63, 3.8) is 0 Å². The van der Waals surface area contributed by atoms with Crippen molar-refractivity contribution in [3.05, 3.63) is 52.3 Å². The van der Waals surface area contributed by atoms with Crippen LogP contribution in [0.5, 0.6) is 5.75 Å². The minimum absolute atomic E-state index is 0.138. The Kier molecular flexibility index (Phi) is 6.34. The van der Waals surface area contributed by atoms with Gasteiger partial charge in [0.1, 0.15) is 17.4 Å². The average Bonchev–Trinajstić information content (AvgIpc) is 2.78. The molecule has 1 aliphatic rings. The highest BCUT2D eigenvalue weighted by molar-refractivity contribution is 6.38. The number of aryl methyl sites for hydroxylation is 1. The van der Waals surface area contributed by atoms with Crippen molar-refractivity contribution in [2.24, 2.45) is 0 Å². The number of anilines is 2. The second-order valence-electron chi connectivity index (χ2n) is 7.24. The van der Waals surface area contributed by atoms with Gasteiger partial charge in [-0.05, 0) is 24.3 Å². The minimum Gasteiger partial charge on any atom is -0.497 e. The third-order valence-electron chi connectivity index (χ3n) is 5.25. The normalized spacial score (nSPS) is 14.1. The van der Waals surface area contributed by atoms with Crippen molar-refractivity contribution < 1.29 is 9.53 Å². The minimum atomic E-state index is -0.138. The number of carbonyl (C=O) groups excluding carboxylic acids is 1. The van der Waals surface area contributed by atoms with E-state index >= 15 is 0 Å². The monoisotopic (exact) mass is 459 g/mol. The third kappa shape index (κ3) is 4.62. The summed E-state index contributed by atoms with van der Waals surface area (Å²) >= 11 is 12.6. The predicted molar refractivity (Wildman–Crippen MR) is 125 cm³/mol. The maximum Gasteiger partial charge on any atom is 0.321 e. The maximum atomic E-state index is 12.7. The number of amides is 2. The van der Waals surface area contributed by atoms with Crippen LogP contribution in [0.4, 0.5) is 16.3 Å². The summed E-state index contributed by atoms with van der Waals surface area (Å²) in [6.07, 6.45) is 0.699. The van der Waals surface area contributed by atoms with Gasteiger partial charge in [0.2, 0.25) is 0 Å². The first-order valence-electron chi connectivity index (χ1n) is 10.1. The summed E-state index contributed by atoms with van der Waals surface area (Å²) in [5.74, 6) is 2.23. The highest BCUT2D eigenvalue weighted by atomic mass is 35.5. The number of benzene rings is 2. The first-order chi connectivity index (χ1) is 15.0. The molecule has 2 amide bonds. The number of piperazine rings is 1. The number of carbonyl (C=O) groups is 1. The predicted octanol–water partition coefficient (Wildman–Crippen LogP) is 4.86. The lowest BCUT2D eigenvalue weighted by Crippen LogP contribution is -2.50. The molecule has 0 aliphatic carbocycles. The summed E-state index contributed by atoms with van der Waals surface area (Å²) in [5, 5.41) is 4.81. The van der Waals surface area contributed by atoms with Gasteiger partial charge < -0.3 is 19.9 Å². The van der Waals surface area contributed by atoms with Crippen LogP contribution >= 0.6 is 23.2 Å². The molecule has 2 aromatic carbocycles. The Labute approximate surface area is 190 Å². The molecule has 1 saturated heterocycles. The van der Waals surface area contributed by atoms with Gasteiger partial charge >= 0.3 is 6.03 Å². The first kappa shape index (κ1) is 21.5. The van der Waals surface area contributed by atoms with Crippen molar-refractivity contribution in [1.82, 2.24) is 14.9 Å². The number of methoxy groups -OCH3 is 1. The highest BCUT2D eigenvalue weighted by Gasteiger charge is 2.24. The summed E-state index contributed by atoms with van der Waals surface area (Å²) in [5.41, 5.74) is 1.40. The lowest BCUT2D eigenvalue weighted by Gasteiger charge is -2.36. The Hall–Kier alpha value is -2.77. The van der Waals surface area contributed by atoms with Gasteiger partial charge in [-0.15, -0.1) is 0 Å². The Morgan fingerprint density at radius 3 is 2.61 bits per heavy atom. The van der Waals surface area contributed by atoms with E-state index in [1.54, 1.807) is 24.1 Å². The lowest BCUT2D eigenvalue weighted by molar-refractivity contribution is 0.208. The third-order valence-corrected chi connectivity index (χ3v) is 5.75. The van der Waals surface area contributed by atoms with Gasteiger partial charge in [0.15, 0.2) is 0 Å². The number of ether oxygens (including phenoxy) is 1. The van der Waals surface area contributed by atoms with Crippen LogP contribution in [0.1, 0.15) is 12.7 Å². The van der Waals surface area contributed by atoms with E-state index in [1.807, 2.05) is 31.2 Å². The Morgan fingerprint density at radius 1 is 1.13 bits per heavy atom. The molecule has 31 heavy (non-hydrogen) atoms. The molecule has 0 bridgehead atoms. The zero-order valence-electron chi connectivity index (χ0n) is 17.4. The largest absolute Gasteiger partial charge is 0.497 e. The van der Waals surface area contributed by atoms with Gasteiger partial charge in [-0.1, -0.05) is 36.2 Å². The highest BCUT2D eigenvalue weighted by Crippen LogP contribution is 2.32. The van der Waals surface area contributed by atoms with Crippen LogP contribution in [0.15, 0.2) is 36.4 Å². The summed E-state index contributed by atoms with van der Waals surface area (Å²) in [4.78, 5) is 26.0. The molecular formula is C22H23Cl2N5O2. The summed E-state index contributed by atoms with van der Waals surface area (Å²) < 4.78 is 5.21. The molecule has 3 aromatic rings. The average molecular weight is 460 g/mol. The van der Waals surface area contributed by atoms with E-state index < -0.39 is 0 Å². The van der Waals surface area contributed by atoms with Crippen LogP contribution in [0.25, 0.3) is 10.9 Å². The van der Waals surface area contributed by atoms with Crippen LogP contribution in [-0.4, -0.2) is 54.2 Å². The number of halogens is 2. The van der Waals surface area contributed by atoms with Gasteiger partial charge in [-0.3, -0.25) is 0 Å². The van der Waals surface area contributed by atoms with Crippen molar-refractivity contribution >= 4 is 51.6 Å². The zero-order chi connectivity index (χ0) is 22.0. The van der Waals surface area contributed by atoms with E-state index in [0.717, 1.165) is 17.0 Å². The van der Waals surface area contributed by atoms with E-state index in [-0.39, 0.29) is 6.03 Å². The second kappa shape index (κ2) is 9.16. The van der Waals surface area contributed by atoms with E-state index in [4.69, 9.17) is 32.9 Å². The van der Waals surface area contributed by atoms with E-state index in [0.29, 0.717) is 59.6 Å². The molecule has 1 fully saturated rings. The molecule has 1 N–H and O–H groups in total. The molecule has 2 heterocycles. The molecule has 0 unspecified atom stereocenters. The van der Waals surface area contributed by atoms with Gasteiger partial charge in [0, 0.05) is 54.8 Å². The summed E-state index contributed by atoms with van der Waals surface area (Å²) in [6.45, 7) is 4.43. The second-order valence-corrected chi connectivity index (χ2v) is 8.08. The molecule has 0 spiro atoms. The number of rotatable bonds is 4. The van der Waals surface area contributed by atoms with Crippen molar-refractivity contribution in [2.75, 3.05) is 43.5 Å². The fraction of sp³-hybridized carbons (Fsp3) is 0.318. The Morgan fingerprint density at radius 2 is 1.90 bits per heavy atom. The van der Waals surface area contributed by atoms with Crippen LogP contribution in [0.3, 0.4) is 0 Å². The quantitative estimate of drug-likeness (QED) is 0.602. The van der Waals surface area contributed by atoms with Gasteiger partial charge in [0.25, 0.3) is 0 Å². The number of nitrogens with one attached hydrogen (secondary N) is 1. The topological polar surface area (TPSA) is 70.6 Å². The van der Waals surface area contributed by atoms with Crippen LogP contribution < -0.4 is 15.0 Å². The Balaban J connectivity index is 1.51. The van der Waals surface area contributed by atoms with Crippen LogP contribution in [0.2, 0.25) is 10.0 Å². The van der Waals surface area contributed by atoms with E-state index in [9.17, 15) is 4.79 Å². The first-order valence-corrected chi connectivity index (χ1v) is 10.8. The molecule has 162 valence electrons. The Bertz CT molecular complexity index is 1120. The molecule has 9 heteroatoms. The number of hydrogen-bond acceptors (Lipinski definition) is 5. The molecule has 0 radical (unpaired) electrons. The number of nitrogens with zero attached hydrogens (tertiary/aromatic N) is 4. The van der Waals surface area contributed by atoms with Crippen molar-refractivity contribution in [3.8, 4) is 5.75 Å². The molecule has 0 atom stereocenters. The van der Waals surface area contributed by atoms with E-state index in [1.165, 1.54) is 0 Å². The maximum absolute atomic E-state index is 12.7. The standard InChI is InChI=1S/C22H23Cl2N5O2/c1-3-19-26-20-17(11-14(23)12-18(20)24)21(27-19)28-7-9-29(10-8-28)22(30)25-15-5-4-6-16(13-15)31-2/h4-6,11-13H,3,7-10H2,1-2H3,(H,25,30). The SMILES string of the molecule is CCc1nc(N2CCN(C(=O)Nc3cccc(OC)c3)CC2)c2cc(Cl)cc(Cl)c2n1. The fourth-order valence-corrected chi connectivity index (χ4v) is 4.15. The van der Waals surface area contributed by atoms with Crippen molar-refractivity contribution in [1.29, 1.82) is 0 Å². The molecule has 4 rings (SSSR count). The van der Waals surface area contributed by atoms with Crippen LogP contribution in [-0.2, 0) is 6.42 Å². The smallest absolute Gasteiger partial charge is 0.321 e. The molecule has 1 aromatic heterocycles. The number of urea groups is 1. The molecular weight excluding hydrogens is 437 g/mol. The summed E-state index contributed by atoms with van der Waals surface area (Å²) in [7, 11) is 1.60. The lowest BCUT2D eigenvalue weighted by atomic mass is 10.2. The van der Waals surface area contributed by atoms with Gasteiger partial charge in [0.05, 0.1) is 17.6 Å². The summed E-state index contributed by atoms with van der Waals surface area (Å²) in [6, 6.07) is 10.7. The fourth-order valence-electron chi connectivity index (χ4n) is 3.61. The number of aromatic nitrogens is 2. The zero-order valence-corrected chi connectivity index (χ0v) is 18.9. The van der Waals surface area contributed by atoms with Gasteiger partial charge in [-0.25, -0.2) is 14.8 Å². The van der Waals surface area contributed by atoms with Gasteiger partial charge in [-0.2, -0.15) is 0 Å². The van der Waals surface area contributed by atoms with Crippen molar-refractivity contribution in [2.45, 2.75) is 13.3 Å². The van der Waals surface area contributed by atoms with Crippen LogP contribution in [0, 0.1) is 0 Å². The number of fused-ring (bicyclic) bond motifs is 1. The number of hydrogen-bond donors (Lipinski definition) is 1. The molecule has 7 nitrogen and oxygen atoms in total.